The van der Waals surface area contributed by atoms with Crippen LogP contribution in [0, 0.1) is 18.3 Å². The second kappa shape index (κ2) is 4.82. The van der Waals surface area contributed by atoms with Crippen molar-refractivity contribution in [1.82, 2.24) is 9.97 Å². The zero-order chi connectivity index (χ0) is 13.2. The summed E-state index contributed by atoms with van der Waals surface area (Å²) in [6, 6.07) is 8.02. The van der Waals surface area contributed by atoms with Crippen LogP contribution in [0.5, 0.6) is 0 Å². The van der Waals surface area contributed by atoms with E-state index in [4.69, 9.17) is 9.68 Å². The van der Waals surface area contributed by atoms with Crippen molar-refractivity contribution in [2.45, 2.75) is 19.8 Å². The molecular formula is C14H11N3OS. The number of thiazole rings is 1. The molecule has 2 heterocycles. The molecule has 3 rings (SSSR count). The predicted molar refractivity (Wildman–Crippen MR) is 73.8 cm³/mol. The molecule has 3 aromatic rings. The Labute approximate surface area is 114 Å². The van der Waals surface area contributed by atoms with Gasteiger partial charge in [0.15, 0.2) is 11.5 Å². The summed E-state index contributed by atoms with van der Waals surface area (Å²) in [5.74, 6) is 0.667. The molecule has 0 radical (unpaired) electrons. The number of aromatic nitrogens is 2. The summed E-state index contributed by atoms with van der Waals surface area (Å²) >= 11 is 1.59. The highest BCUT2D eigenvalue weighted by Crippen LogP contribution is 2.26. The number of nitriles is 1. The Morgan fingerprint density at radius 1 is 1.37 bits per heavy atom. The highest BCUT2D eigenvalue weighted by molar-refractivity contribution is 7.09. The summed E-state index contributed by atoms with van der Waals surface area (Å²) in [4.78, 5) is 8.86. The SMILES string of the molecule is Cc1nc2cc(-c3csc(CCC#N)n3)ccc2o1. The molecule has 4 nitrogen and oxygen atoms in total. The van der Waals surface area contributed by atoms with Crippen molar-refractivity contribution in [2.24, 2.45) is 0 Å². The van der Waals surface area contributed by atoms with E-state index < -0.39 is 0 Å². The van der Waals surface area contributed by atoms with Gasteiger partial charge in [0.25, 0.3) is 0 Å². The van der Waals surface area contributed by atoms with Crippen molar-refractivity contribution < 1.29 is 4.42 Å². The van der Waals surface area contributed by atoms with E-state index in [1.54, 1.807) is 11.3 Å². The van der Waals surface area contributed by atoms with Crippen LogP contribution in [0.2, 0.25) is 0 Å². The summed E-state index contributed by atoms with van der Waals surface area (Å²) in [6.07, 6.45) is 1.22. The highest BCUT2D eigenvalue weighted by Gasteiger charge is 2.08. The fraction of sp³-hybridized carbons (Fsp3) is 0.214. The number of rotatable bonds is 3. The van der Waals surface area contributed by atoms with E-state index in [-0.39, 0.29) is 0 Å². The van der Waals surface area contributed by atoms with Crippen LogP contribution < -0.4 is 0 Å². The first-order valence-corrected chi connectivity index (χ1v) is 6.83. The topological polar surface area (TPSA) is 62.7 Å². The molecule has 0 bridgehead atoms. The van der Waals surface area contributed by atoms with Gasteiger partial charge in [0, 0.05) is 30.7 Å². The van der Waals surface area contributed by atoms with Gasteiger partial charge in [-0.3, -0.25) is 0 Å². The van der Waals surface area contributed by atoms with E-state index in [9.17, 15) is 0 Å². The molecule has 0 aliphatic heterocycles. The van der Waals surface area contributed by atoms with E-state index in [1.165, 1.54) is 0 Å². The second-order valence-corrected chi connectivity index (χ2v) is 5.14. The summed E-state index contributed by atoms with van der Waals surface area (Å²) in [6.45, 7) is 1.84. The molecule has 0 unspecified atom stereocenters. The molecule has 94 valence electrons. The van der Waals surface area contributed by atoms with Crippen molar-refractivity contribution in [3.05, 3.63) is 34.5 Å². The average molecular weight is 269 g/mol. The molecule has 19 heavy (non-hydrogen) atoms. The Hall–Kier alpha value is -2.19. The fourth-order valence-electron chi connectivity index (χ4n) is 1.92. The maximum absolute atomic E-state index is 8.58. The van der Waals surface area contributed by atoms with Gasteiger partial charge in [0.2, 0.25) is 0 Å². The van der Waals surface area contributed by atoms with E-state index in [0.29, 0.717) is 18.7 Å². The third-order valence-corrected chi connectivity index (χ3v) is 3.70. The lowest BCUT2D eigenvalue weighted by atomic mass is 10.1. The molecule has 0 N–H and O–H groups in total. The quantitative estimate of drug-likeness (QED) is 0.727. The molecular weight excluding hydrogens is 258 g/mol. The molecule has 0 atom stereocenters. The van der Waals surface area contributed by atoms with Crippen LogP contribution >= 0.6 is 11.3 Å². The Kier molecular flexibility index (Phi) is 3.02. The van der Waals surface area contributed by atoms with Gasteiger partial charge in [-0.05, 0) is 18.2 Å². The standard InChI is InChI=1S/C14H11N3OS/c1-9-16-11-7-10(4-5-13(11)18-9)12-8-19-14(17-12)3-2-6-15/h4-5,7-8H,2-3H2,1H3. The lowest BCUT2D eigenvalue weighted by Gasteiger charge is -1.95. The van der Waals surface area contributed by atoms with Crippen LogP contribution in [0.4, 0.5) is 0 Å². The van der Waals surface area contributed by atoms with Crippen molar-refractivity contribution in [1.29, 1.82) is 5.26 Å². The zero-order valence-electron chi connectivity index (χ0n) is 10.4. The molecule has 0 saturated carbocycles. The van der Waals surface area contributed by atoms with Gasteiger partial charge < -0.3 is 4.42 Å². The molecule has 0 amide bonds. The first-order chi connectivity index (χ1) is 9.26. The van der Waals surface area contributed by atoms with Crippen LogP contribution in [-0.2, 0) is 6.42 Å². The lowest BCUT2D eigenvalue weighted by Crippen LogP contribution is -1.83. The van der Waals surface area contributed by atoms with Gasteiger partial charge >= 0.3 is 0 Å². The number of oxazole rings is 1. The summed E-state index contributed by atoms with van der Waals surface area (Å²) in [7, 11) is 0. The minimum absolute atomic E-state index is 0.508. The van der Waals surface area contributed by atoms with Crippen molar-refractivity contribution in [2.75, 3.05) is 0 Å². The van der Waals surface area contributed by atoms with Crippen molar-refractivity contribution in [3.63, 3.8) is 0 Å². The van der Waals surface area contributed by atoms with E-state index in [1.807, 2.05) is 30.5 Å². The van der Waals surface area contributed by atoms with E-state index in [2.05, 4.69) is 16.0 Å². The third-order valence-electron chi connectivity index (χ3n) is 2.79. The minimum atomic E-state index is 0.508. The molecule has 0 saturated heterocycles. The van der Waals surface area contributed by atoms with Crippen LogP contribution in [-0.4, -0.2) is 9.97 Å². The largest absolute Gasteiger partial charge is 0.441 e. The molecule has 0 spiro atoms. The van der Waals surface area contributed by atoms with E-state index in [0.717, 1.165) is 27.4 Å². The monoisotopic (exact) mass is 269 g/mol. The van der Waals surface area contributed by atoms with Crippen molar-refractivity contribution in [3.8, 4) is 17.3 Å². The molecule has 0 aliphatic carbocycles. The average Bonchev–Trinajstić information content (AvgIpc) is 3.00. The predicted octanol–water partition coefficient (Wildman–Crippen LogP) is 3.72. The van der Waals surface area contributed by atoms with Gasteiger partial charge in [-0.1, -0.05) is 0 Å². The summed E-state index contributed by atoms with van der Waals surface area (Å²) < 4.78 is 5.45. The maximum Gasteiger partial charge on any atom is 0.192 e. The van der Waals surface area contributed by atoms with Crippen LogP contribution in [0.15, 0.2) is 28.0 Å². The molecule has 5 heteroatoms. The number of nitrogens with zero attached hydrogens (tertiary/aromatic N) is 3. The van der Waals surface area contributed by atoms with Gasteiger partial charge in [0.1, 0.15) is 5.52 Å². The number of aryl methyl sites for hydroxylation is 2. The van der Waals surface area contributed by atoms with Crippen LogP contribution in [0.25, 0.3) is 22.4 Å². The highest BCUT2D eigenvalue weighted by atomic mass is 32.1. The maximum atomic E-state index is 8.58. The van der Waals surface area contributed by atoms with Gasteiger partial charge in [-0.2, -0.15) is 5.26 Å². The van der Waals surface area contributed by atoms with Crippen molar-refractivity contribution >= 4 is 22.4 Å². The normalized spacial score (nSPS) is 10.7. The molecule has 1 aromatic carbocycles. The zero-order valence-corrected chi connectivity index (χ0v) is 11.2. The smallest absolute Gasteiger partial charge is 0.192 e. The van der Waals surface area contributed by atoms with Gasteiger partial charge in [0.05, 0.1) is 16.8 Å². The first kappa shape index (κ1) is 11.9. The number of fused-ring (bicyclic) bond motifs is 1. The summed E-state index contributed by atoms with van der Waals surface area (Å²) in [5.41, 5.74) is 3.60. The van der Waals surface area contributed by atoms with Crippen LogP contribution in [0.3, 0.4) is 0 Å². The van der Waals surface area contributed by atoms with Gasteiger partial charge in [-0.25, -0.2) is 9.97 Å². The van der Waals surface area contributed by atoms with Crippen LogP contribution in [0.1, 0.15) is 17.3 Å². The number of hydrogen-bond acceptors (Lipinski definition) is 5. The Bertz CT molecular complexity index is 766. The Morgan fingerprint density at radius 3 is 3.11 bits per heavy atom. The summed E-state index contributed by atoms with van der Waals surface area (Å²) in [5, 5.41) is 11.6. The van der Waals surface area contributed by atoms with Gasteiger partial charge in [-0.15, -0.1) is 11.3 Å². The lowest BCUT2D eigenvalue weighted by molar-refractivity contribution is 0.561. The molecule has 0 aliphatic rings. The first-order valence-electron chi connectivity index (χ1n) is 5.95. The fourth-order valence-corrected chi connectivity index (χ4v) is 2.73. The molecule has 0 fully saturated rings. The Morgan fingerprint density at radius 2 is 2.26 bits per heavy atom. The second-order valence-electron chi connectivity index (χ2n) is 4.20. The number of hydrogen-bond donors (Lipinski definition) is 0. The molecule has 2 aromatic heterocycles. The van der Waals surface area contributed by atoms with E-state index >= 15 is 0 Å². The third kappa shape index (κ3) is 2.35. The Balaban J connectivity index is 1.94. The minimum Gasteiger partial charge on any atom is -0.441 e. The number of benzene rings is 1.